The molecular formula is C17H29IN4O2. The predicted molar refractivity (Wildman–Crippen MR) is 109 cm³/mol. The fourth-order valence-corrected chi connectivity index (χ4v) is 1.96. The third kappa shape index (κ3) is 9.59. The lowest BCUT2D eigenvalue weighted by molar-refractivity contribution is -0.121. The molecular weight excluding hydrogens is 419 g/mol. The summed E-state index contributed by atoms with van der Waals surface area (Å²) in [6.45, 7) is 6.78. The van der Waals surface area contributed by atoms with E-state index >= 15 is 0 Å². The van der Waals surface area contributed by atoms with E-state index in [1.54, 1.807) is 14.2 Å². The zero-order valence-electron chi connectivity index (χ0n) is 15.1. The summed E-state index contributed by atoms with van der Waals surface area (Å²) in [5.74, 6) is 1.40. The van der Waals surface area contributed by atoms with Crippen LogP contribution in [0.1, 0.15) is 26.3 Å². The van der Waals surface area contributed by atoms with Gasteiger partial charge in [0.15, 0.2) is 5.96 Å². The van der Waals surface area contributed by atoms with Gasteiger partial charge in [-0.15, -0.1) is 24.0 Å². The number of hydrogen-bond donors (Lipinski definition) is 3. The summed E-state index contributed by atoms with van der Waals surface area (Å²) >= 11 is 0. The fraction of sp³-hybridized carbons (Fsp3) is 0.529. The summed E-state index contributed by atoms with van der Waals surface area (Å²) in [5, 5.41) is 9.09. The van der Waals surface area contributed by atoms with Gasteiger partial charge in [-0.2, -0.15) is 0 Å². The number of methoxy groups -OCH3 is 1. The summed E-state index contributed by atoms with van der Waals surface area (Å²) in [7, 11) is 3.34. The van der Waals surface area contributed by atoms with Crippen LogP contribution in [-0.2, 0) is 11.2 Å². The van der Waals surface area contributed by atoms with Gasteiger partial charge in [-0.1, -0.05) is 12.1 Å². The average molecular weight is 448 g/mol. The van der Waals surface area contributed by atoms with Gasteiger partial charge in [-0.05, 0) is 44.9 Å². The van der Waals surface area contributed by atoms with E-state index in [0.717, 1.165) is 18.7 Å². The fourth-order valence-electron chi connectivity index (χ4n) is 1.96. The molecule has 3 N–H and O–H groups in total. The van der Waals surface area contributed by atoms with Gasteiger partial charge in [-0.25, -0.2) is 0 Å². The van der Waals surface area contributed by atoms with E-state index in [1.165, 1.54) is 5.56 Å². The SMILES string of the molecule is CN=C(NCCc1ccc(OC)cc1)NCC(=O)NC(C)(C)C.I. The maximum Gasteiger partial charge on any atom is 0.239 e. The summed E-state index contributed by atoms with van der Waals surface area (Å²) < 4.78 is 5.14. The predicted octanol–water partition coefficient (Wildman–Crippen LogP) is 1.94. The number of nitrogens with one attached hydrogen (secondary N) is 3. The highest BCUT2D eigenvalue weighted by molar-refractivity contribution is 14.0. The third-order valence-electron chi connectivity index (χ3n) is 3.02. The number of benzene rings is 1. The first-order valence-electron chi connectivity index (χ1n) is 7.72. The van der Waals surface area contributed by atoms with Crippen LogP contribution in [0.25, 0.3) is 0 Å². The van der Waals surface area contributed by atoms with Crippen molar-refractivity contribution in [2.45, 2.75) is 32.7 Å². The normalized spacial score (nSPS) is 11.3. The Labute approximate surface area is 161 Å². The molecule has 0 spiro atoms. The highest BCUT2D eigenvalue weighted by Crippen LogP contribution is 2.11. The summed E-state index contributed by atoms with van der Waals surface area (Å²) in [6, 6.07) is 7.96. The van der Waals surface area contributed by atoms with Gasteiger partial charge < -0.3 is 20.7 Å². The second-order valence-corrected chi connectivity index (χ2v) is 6.25. The molecule has 0 unspecified atom stereocenters. The van der Waals surface area contributed by atoms with E-state index in [1.807, 2.05) is 45.0 Å². The van der Waals surface area contributed by atoms with E-state index in [9.17, 15) is 4.79 Å². The molecule has 1 amide bonds. The van der Waals surface area contributed by atoms with Crippen LogP contribution in [0.15, 0.2) is 29.3 Å². The van der Waals surface area contributed by atoms with Crippen molar-refractivity contribution in [3.63, 3.8) is 0 Å². The molecule has 0 saturated heterocycles. The van der Waals surface area contributed by atoms with Crippen LogP contribution in [0.5, 0.6) is 5.75 Å². The molecule has 136 valence electrons. The number of nitrogens with zero attached hydrogens (tertiary/aromatic N) is 1. The van der Waals surface area contributed by atoms with Gasteiger partial charge in [0.1, 0.15) is 5.75 Å². The summed E-state index contributed by atoms with van der Waals surface area (Å²) in [5.41, 5.74) is 0.976. The Balaban J connectivity index is 0.00000529. The number of hydrogen-bond acceptors (Lipinski definition) is 3. The molecule has 0 fully saturated rings. The van der Waals surface area contributed by atoms with Gasteiger partial charge in [0.2, 0.25) is 5.91 Å². The lowest BCUT2D eigenvalue weighted by atomic mass is 10.1. The van der Waals surface area contributed by atoms with E-state index in [2.05, 4.69) is 20.9 Å². The van der Waals surface area contributed by atoms with Gasteiger partial charge in [0.05, 0.1) is 13.7 Å². The molecule has 0 radical (unpaired) electrons. The molecule has 1 aromatic rings. The van der Waals surface area contributed by atoms with Gasteiger partial charge in [-0.3, -0.25) is 9.79 Å². The molecule has 0 aliphatic carbocycles. The number of carbonyl (C=O) groups excluding carboxylic acids is 1. The summed E-state index contributed by atoms with van der Waals surface area (Å²) in [4.78, 5) is 15.9. The number of rotatable bonds is 6. The van der Waals surface area contributed by atoms with Crippen molar-refractivity contribution in [3.05, 3.63) is 29.8 Å². The third-order valence-corrected chi connectivity index (χ3v) is 3.02. The van der Waals surface area contributed by atoms with Crippen molar-refractivity contribution in [2.24, 2.45) is 4.99 Å². The van der Waals surface area contributed by atoms with Crippen molar-refractivity contribution < 1.29 is 9.53 Å². The Kier molecular flexibility index (Phi) is 10.4. The van der Waals surface area contributed by atoms with Crippen molar-refractivity contribution in [2.75, 3.05) is 27.2 Å². The van der Waals surface area contributed by atoms with Gasteiger partial charge in [0, 0.05) is 19.1 Å². The number of guanidine groups is 1. The minimum absolute atomic E-state index is 0. The number of ether oxygens (including phenoxy) is 1. The molecule has 0 aliphatic heterocycles. The van der Waals surface area contributed by atoms with Crippen molar-refractivity contribution >= 4 is 35.8 Å². The Morgan fingerprint density at radius 3 is 2.29 bits per heavy atom. The van der Waals surface area contributed by atoms with E-state index in [0.29, 0.717) is 5.96 Å². The maximum absolute atomic E-state index is 11.8. The molecule has 7 heteroatoms. The highest BCUT2D eigenvalue weighted by Gasteiger charge is 2.13. The maximum atomic E-state index is 11.8. The zero-order chi connectivity index (χ0) is 17.3. The Hall–Kier alpha value is -1.51. The van der Waals surface area contributed by atoms with Crippen LogP contribution < -0.4 is 20.7 Å². The van der Waals surface area contributed by atoms with Crippen molar-refractivity contribution in [1.82, 2.24) is 16.0 Å². The molecule has 0 heterocycles. The minimum Gasteiger partial charge on any atom is -0.497 e. The second kappa shape index (κ2) is 11.1. The highest BCUT2D eigenvalue weighted by atomic mass is 127. The average Bonchev–Trinajstić information content (AvgIpc) is 2.49. The molecule has 24 heavy (non-hydrogen) atoms. The molecule has 0 atom stereocenters. The van der Waals surface area contributed by atoms with Gasteiger partial charge in [0.25, 0.3) is 0 Å². The Morgan fingerprint density at radius 2 is 1.79 bits per heavy atom. The van der Waals surface area contributed by atoms with E-state index in [-0.39, 0.29) is 42.0 Å². The first-order valence-corrected chi connectivity index (χ1v) is 7.72. The van der Waals surface area contributed by atoms with E-state index < -0.39 is 0 Å². The lowest BCUT2D eigenvalue weighted by Gasteiger charge is -2.21. The zero-order valence-corrected chi connectivity index (χ0v) is 17.4. The second-order valence-electron chi connectivity index (χ2n) is 6.25. The van der Waals surface area contributed by atoms with Crippen LogP contribution in [0.3, 0.4) is 0 Å². The monoisotopic (exact) mass is 448 g/mol. The molecule has 0 aliphatic rings. The molecule has 0 saturated carbocycles. The topological polar surface area (TPSA) is 74.8 Å². The molecule has 0 aromatic heterocycles. The quantitative estimate of drug-likeness (QED) is 0.353. The van der Waals surface area contributed by atoms with Crippen molar-refractivity contribution in [3.8, 4) is 5.75 Å². The van der Waals surface area contributed by atoms with E-state index in [4.69, 9.17) is 4.74 Å². The Morgan fingerprint density at radius 1 is 1.17 bits per heavy atom. The number of aliphatic imine (C=N–C) groups is 1. The van der Waals surface area contributed by atoms with Gasteiger partial charge >= 0.3 is 0 Å². The minimum atomic E-state index is -0.232. The molecule has 6 nitrogen and oxygen atoms in total. The van der Waals surface area contributed by atoms with Crippen LogP contribution >= 0.6 is 24.0 Å². The first kappa shape index (κ1) is 22.5. The largest absolute Gasteiger partial charge is 0.497 e. The molecule has 0 bridgehead atoms. The smallest absolute Gasteiger partial charge is 0.239 e. The molecule has 1 rings (SSSR count). The van der Waals surface area contributed by atoms with Crippen LogP contribution in [-0.4, -0.2) is 44.7 Å². The first-order chi connectivity index (χ1) is 10.8. The standard InChI is InChI=1S/C17H28N4O2.HI/c1-17(2,3)21-15(22)12-20-16(18-4)19-11-10-13-6-8-14(23-5)9-7-13;/h6-9H,10-12H2,1-5H3,(H,21,22)(H2,18,19,20);1H. The van der Waals surface area contributed by atoms with Crippen LogP contribution in [0.4, 0.5) is 0 Å². The number of halogens is 1. The van der Waals surface area contributed by atoms with Crippen LogP contribution in [0, 0.1) is 0 Å². The lowest BCUT2D eigenvalue weighted by Crippen LogP contribution is -2.48. The Bertz CT molecular complexity index is 524. The number of amides is 1. The summed E-state index contributed by atoms with van der Waals surface area (Å²) in [6.07, 6.45) is 0.860. The number of carbonyl (C=O) groups is 1. The van der Waals surface area contributed by atoms with Crippen molar-refractivity contribution in [1.29, 1.82) is 0 Å². The van der Waals surface area contributed by atoms with Crippen LogP contribution in [0.2, 0.25) is 0 Å². The molecule has 1 aromatic carbocycles.